The first-order valence-electron chi connectivity index (χ1n) is 5.79. The molecule has 0 aliphatic carbocycles. The molecule has 102 valence electrons. The Hall–Kier alpha value is -1.37. The van der Waals surface area contributed by atoms with Crippen LogP contribution in [0.25, 0.3) is 0 Å². The molecule has 6 nitrogen and oxygen atoms in total. The van der Waals surface area contributed by atoms with E-state index in [-0.39, 0.29) is 11.8 Å². The van der Waals surface area contributed by atoms with Crippen LogP contribution in [0, 0.1) is 6.92 Å². The highest BCUT2D eigenvalue weighted by Crippen LogP contribution is 2.16. The third-order valence-corrected chi connectivity index (χ3v) is 2.87. The van der Waals surface area contributed by atoms with Crippen molar-refractivity contribution in [3.63, 3.8) is 0 Å². The van der Waals surface area contributed by atoms with E-state index in [1.165, 1.54) is 0 Å². The molecule has 1 atom stereocenters. The van der Waals surface area contributed by atoms with Crippen LogP contribution in [0.3, 0.4) is 0 Å². The predicted molar refractivity (Wildman–Crippen MR) is 67.9 cm³/mol. The Kier molecular flexibility index (Phi) is 5.33. The van der Waals surface area contributed by atoms with Crippen LogP contribution in [-0.2, 0) is 11.3 Å². The fourth-order valence-electron chi connectivity index (χ4n) is 1.69. The lowest BCUT2D eigenvalue weighted by atomic mass is 10.2. The number of nitrogens with zero attached hydrogens (tertiary/aromatic N) is 1. The summed E-state index contributed by atoms with van der Waals surface area (Å²) in [5.74, 6) is 5.67. The minimum absolute atomic E-state index is 0.264. The number of hydrazine groups is 1. The number of methoxy groups -OCH3 is 1. The second kappa shape index (κ2) is 6.53. The number of nitrogens with two attached hydrogens (primary N) is 1. The Labute approximate surface area is 107 Å². The van der Waals surface area contributed by atoms with Gasteiger partial charge in [0.1, 0.15) is 5.76 Å². The van der Waals surface area contributed by atoms with E-state index >= 15 is 0 Å². The second-order valence-corrected chi connectivity index (χ2v) is 4.42. The number of nitrogen functional groups attached to an aromatic ring is 1. The van der Waals surface area contributed by atoms with E-state index in [0.29, 0.717) is 13.2 Å². The molecule has 0 spiro atoms. The number of rotatable bonds is 6. The Morgan fingerprint density at radius 3 is 2.89 bits per heavy atom. The van der Waals surface area contributed by atoms with E-state index < -0.39 is 5.91 Å². The third kappa shape index (κ3) is 3.56. The van der Waals surface area contributed by atoms with E-state index in [2.05, 4.69) is 17.2 Å². The number of carbonyl (C=O) groups is 1. The molecule has 1 aromatic rings. The standard InChI is InChI=1S/C12H21N3O3/c1-8-5-10(18-11(8)12(16)14-13)6-15(3)9(2)7-17-4/h5,9H,6-7,13H2,1-4H3,(H,14,16). The van der Waals surface area contributed by atoms with Gasteiger partial charge in [0, 0.05) is 18.7 Å². The third-order valence-electron chi connectivity index (χ3n) is 2.87. The molecule has 0 fully saturated rings. The van der Waals surface area contributed by atoms with Crippen LogP contribution in [0.1, 0.15) is 28.8 Å². The van der Waals surface area contributed by atoms with Crippen molar-refractivity contribution in [1.29, 1.82) is 0 Å². The Morgan fingerprint density at radius 1 is 1.67 bits per heavy atom. The van der Waals surface area contributed by atoms with Gasteiger partial charge in [-0.05, 0) is 27.0 Å². The number of carbonyl (C=O) groups excluding carboxylic acids is 1. The molecular formula is C12H21N3O3. The van der Waals surface area contributed by atoms with Gasteiger partial charge in [0.05, 0.1) is 13.2 Å². The number of hydrogen-bond donors (Lipinski definition) is 2. The van der Waals surface area contributed by atoms with Gasteiger partial charge >= 0.3 is 5.91 Å². The topological polar surface area (TPSA) is 80.7 Å². The van der Waals surface area contributed by atoms with E-state index in [9.17, 15) is 4.79 Å². The zero-order chi connectivity index (χ0) is 13.7. The van der Waals surface area contributed by atoms with Gasteiger partial charge in [-0.15, -0.1) is 0 Å². The summed E-state index contributed by atoms with van der Waals surface area (Å²) >= 11 is 0. The van der Waals surface area contributed by atoms with Crippen molar-refractivity contribution in [3.8, 4) is 0 Å². The normalized spacial score (nSPS) is 12.8. The lowest BCUT2D eigenvalue weighted by Crippen LogP contribution is -2.32. The summed E-state index contributed by atoms with van der Waals surface area (Å²) in [5, 5.41) is 0. The van der Waals surface area contributed by atoms with Gasteiger partial charge in [-0.3, -0.25) is 15.1 Å². The fraction of sp³-hybridized carbons (Fsp3) is 0.583. The lowest BCUT2D eigenvalue weighted by molar-refractivity contribution is 0.0912. The minimum Gasteiger partial charge on any atom is -0.454 e. The van der Waals surface area contributed by atoms with E-state index in [1.54, 1.807) is 7.11 Å². The number of aryl methyl sites for hydroxylation is 1. The Balaban J connectivity index is 2.71. The van der Waals surface area contributed by atoms with Crippen LogP contribution in [0.15, 0.2) is 10.5 Å². The maximum Gasteiger partial charge on any atom is 0.301 e. The van der Waals surface area contributed by atoms with Crippen molar-refractivity contribution in [2.45, 2.75) is 26.4 Å². The smallest absolute Gasteiger partial charge is 0.301 e. The molecule has 1 heterocycles. The monoisotopic (exact) mass is 255 g/mol. The van der Waals surface area contributed by atoms with Gasteiger partial charge in [-0.25, -0.2) is 5.84 Å². The molecule has 0 radical (unpaired) electrons. The predicted octanol–water partition coefficient (Wildman–Crippen LogP) is 0.658. The average Bonchev–Trinajstić information content (AvgIpc) is 2.69. The number of nitrogens with one attached hydrogen (secondary N) is 1. The first-order chi connectivity index (χ1) is 8.49. The molecule has 0 saturated carbocycles. The van der Waals surface area contributed by atoms with E-state index in [1.807, 2.05) is 20.0 Å². The van der Waals surface area contributed by atoms with E-state index in [0.717, 1.165) is 11.3 Å². The summed E-state index contributed by atoms with van der Waals surface area (Å²) < 4.78 is 10.6. The number of hydrogen-bond acceptors (Lipinski definition) is 5. The van der Waals surface area contributed by atoms with Gasteiger partial charge in [-0.1, -0.05) is 0 Å². The highest BCUT2D eigenvalue weighted by atomic mass is 16.5. The molecule has 0 aliphatic rings. The molecular weight excluding hydrogens is 234 g/mol. The maximum absolute atomic E-state index is 11.4. The summed E-state index contributed by atoms with van der Waals surface area (Å²) in [4.78, 5) is 13.5. The van der Waals surface area contributed by atoms with Gasteiger partial charge in [-0.2, -0.15) is 0 Å². The number of furan rings is 1. The molecule has 0 aliphatic heterocycles. The van der Waals surface area contributed by atoms with Gasteiger partial charge < -0.3 is 9.15 Å². The molecule has 6 heteroatoms. The van der Waals surface area contributed by atoms with Crippen molar-refractivity contribution < 1.29 is 13.9 Å². The SMILES string of the molecule is COCC(C)N(C)Cc1cc(C)c(C(=O)NN)o1. The van der Waals surface area contributed by atoms with Crippen LogP contribution in [0.2, 0.25) is 0 Å². The van der Waals surface area contributed by atoms with Crippen molar-refractivity contribution in [1.82, 2.24) is 10.3 Å². The zero-order valence-electron chi connectivity index (χ0n) is 11.3. The lowest BCUT2D eigenvalue weighted by Gasteiger charge is -2.22. The molecule has 3 N–H and O–H groups in total. The van der Waals surface area contributed by atoms with Crippen molar-refractivity contribution in [2.24, 2.45) is 5.84 Å². The summed E-state index contributed by atoms with van der Waals surface area (Å²) in [6, 6.07) is 2.12. The summed E-state index contributed by atoms with van der Waals surface area (Å²) in [6.07, 6.45) is 0. The molecule has 1 unspecified atom stereocenters. The molecule has 0 aromatic carbocycles. The maximum atomic E-state index is 11.4. The summed E-state index contributed by atoms with van der Waals surface area (Å²) in [7, 11) is 3.65. The number of amides is 1. The average molecular weight is 255 g/mol. The molecule has 18 heavy (non-hydrogen) atoms. The molecule has 1 rings (SSSR count). The zero-order valence-corrected chi connectivity index (χ0v) is 11.3. The van der Waals surface area contributed by atoms with Crippen LogP contribution in [-0.4, -0.2) is 37.6 Å². The summed E-state index contributed by atoms with van der Waals surface area (Å²) in [5.41, 5.74) is 2.84. The Morgan fingerprint density at radius 2 is 2.33 bits per heavy atom. The van der Waals surface area contributed by atoms with Crippen LogP contribution in [0.5, 0.6) is 0 Å². The van der Waals surface area contributed by atoms with Gasteiger partial charge in [0.2, 0.25) is 0 Å². The first-order valence-corrected chi connectivity index (χ1v) is 5.79. The van der Waals surface area contributed by atoms with Crippen LogP contribution >= 0.6 is 0 Å². The van der Waals surface area contributed by atoms with Crippen LogP contribution in [0.4, 0.5) is 0 Å². The van der Waals surface area contributed by atoms with Crippen molar-refractivity contribution >= 4 is 5.91 Å². The molecule has 1 aromatic heterocycles. The fourth-order valence-corrected chi connectivity index (χ4v) is 1.69. The largest absolute Gasteiger partial charge is 0.454 e. The Bertz CT molecular complexity index is 403. The molecule has 0 bridgehead atoms. The van der Waals surface area contributed by atoms with E-state index in [4.69, 9.17) is 15.0 Å². The van der Waals surface area contributed by atoms with Gasteiger partial charge in [0.25, 0.3) is 0 Å². The molecule has 1 amide bonds. The quantitative estimate of drug-likeness (QED) is 0.443. The van der Waals surface area contributed by atoms with Crippen LogP contribution < -0.4 is 11.3 Å². The second-order valence-electron chi connectivity index (χ2n) is 4.42. The minimum atomic E-state index is -0.411. The van der Waals surface area contributed by atoms with Crippen molar-refractivity contribution in [2.75, 3.05) is 20.8 Å². The highest BCUT2D eigenvalue weighted by molar-refractivity contribution is 5.92. The molecule has 0 saturated heterocycles. The number of ether oxygens (including phenoxy) is 1. The highest BCUT2D eigenvalue weighted by Gasteiger charge is 2.17. The summed E-state index contributed by atoms with van der Waals surface area (Å²) in [6.45, 7) is 5.14. The van der Waals surface area contributed by atoms with Gasteiger partial charge in [0.15, 0.2) is 5.76 Å². The van der Waals surface area contributed by atoms with Crippen molar-refractivity contribution in [3.05, 3.63) is 23.2 Å². The number of likely N-dealkylation sites (N-methyl/N-ethyl adjacent to an activating group) is 1. The first kappa shape index (κ1) is 14.7.